The normalized spacial score (nSPS) is 13.2. The third-order valence-electron chi connectivity index (χ3n) is 1.90. The lowest BCUT2D eigenvalue weighted by atomic mass is 10.5. The van der Waals surface area contributed by atoms with Crippen molar-refractivity contribution in [3.8, 4) is 0 Å². The zero-order valence-electron chi connectivity index (χ0n) is 9.56. The summed E-state index contributed by atoms with van der Waals surface area (Å²) in [5.41, 5.74) is 0. The third kappa shape index (κ3) is 8.89. The van der Waals surface area contributed by atoms with Gasteiger partial charge in [-0.3, -0.25) is 0 Å². The van der Waals surface area contributed by atoms with Gasteiger partial charge < -0.3 is 8.54 Å². The lowest BCUT2D eigenvalue weighted by Crippen LogP contribution is -2.36. The molecule has 0 aromatic carbocycles. The smallest absolute Gasteiger partial charge is 0.321 e. The molecule has 0 fully saturated rings. The van der Waals surface area contributed by atoms with Crippen molar-refractivity contribution in [2.24, 2.45) is 0 Å². The maximum absolute atomic E-state index is 5.88. The largest absolute Gasteiger partial charge is 0.442 e. The second-order valence-corrected chi connectivity index (χ2v) is 10.2. The fourth-order valence-electron chi connectivity index (χ4n) is 0.966. The van der Waals surface area contributed by atoms with Crippen LogP contribution in [0, 0.1) is 0 Å². The number of hydrogen-bond acceptors (Lipinski definition) is 2. The van der Waals surface area contributed by atoms with E-state index >= 15 is 0 Å². The molecule has 13 heavy (non-hydrogen) atoms. The van der Waals surface area contributed by atoms with Crippen LogP contribution < -0.4 is 0 Å². The molecule has 0 rings (SSSR count). The first-order chi connectivity index (χ1) is 6.12. The fraction of sp³-hybridized carbons (Fsp3) is 1.00. The van der Waals surface area contributed by atoms with Crippen molar-refractivity contribution >= 4 is 28.6 Å². The Morgan fingerprint density at radius 3 is 2.62 bits per heavy atom. The zero-order chi connectivity index (χ0) is 10.2. The summed E-state index contributed by atoms with van der Waals surface area (Å²) >= 11 is 0. The summed E-state index contributed by atoms with van der Waals surface area (Å²) in [5.74, 6) is 0. The number of rotatable bonds is 8. The van der Waals surface area contributed by atoms with Gasteiger partial charge in [0, 0.05) is 16.8 Å². The van der Waals surface area contributed by atoms with Gasteiger partial charge in [0.15, 0.2) is 0 Å². The third-order valence-corrected chi connectivity index (χ3v) is 8.09. The molecular formula is C8H24O2Si3. The first kappa shape index (κ1) is 13.6. The van der Waals surface area contributed by atoms with Gasteiger partial charge in [-0.05, 0) is 25.6 Å². The maximum atomic E-state index is 5.88. The van der Waals surface area contributed by atoms with Gasteiger partial charge in [0.1, 0.15) is 9.76 Å². The molecule has 0 N–H and O–H groups in total. The Bertz CT molecular complexity index is 108. The van der Waals surface area contributed by atoms with E-state index in [1.807, 2.05) is 0 Å². The Morgan fingerprint density at radius 2 is 2.08 bits per heavy atom. The van der Waals surface area contributed by atoms with Gasteiger partial charge in [-0.15, -0.1) is 0 Å². The Kier molecular flexibility index (Phi) is 8.28. The van der Waals surface area contributed by atoms with Crippen LogP contribution in [-0.2, 0) is 8.54 Å². The molecule has 0 aliphatic heterocycles. The topological polar surface area (TPSA) is 18.5 Å². The molecule has 2 nitrogen and oxygen atoms in total. The second kappa shape index (κ2) is 7.93. The van der Waals surface area contributed by atoms with Crippen LogP contribution in [0.1, 0.15) is 19.8 Å². The highest BCUT2D eigenvalue weighted by atomic mass is 28.4. The lowest BCUT2D eigenvalue weighted by Gasteiger charge is -2.23. The van der Waals surface area contributed by atoms with Crippen molar-refractivity contribution in [1.29, 1.82) is 0 Å². The molecule has 0 aliphatic carbocycles. The van der Waals surface area contributed by atoms with Crippen LogP contribution in [0.2, 0.25) is 25.2 Å². The Balaban J connectivity index is 3.42. The average molecular weight is 237 g/mol. The van der Waals surface area contributed by atoms with Crippen LogP contribution in [-0.4, -0.2) is 35.2 Å². The maximum Gasteiger partial charge on any atom is 0.321 e. The van der Waals surface area contributed by atoms with E-state index in [9.17, 15) is 0 Å². The first-order valence-corrected chi connectivity index (χ1v) is 11.2. The lowest BCUT2D eigenvalue weighted by molar-refractivity contribution is 0.251. The van der Waals surface area contributed by atoms with Crippen LogP contribution in [0.25, 0.3) is 0 Å². The summed E-state index contributed by atoms with van der Waals surface area (Å²) in [4.78, 5) is 0. The summed E-state index contributed by atoms with van der Waals surface area (Å²) < 4.78 is 11.7. The van der Waals surface area contributed by atoms with E-state index in [1.54, 1.807) is 0 Å². The van der Waals surface area contributed by atoms with Gasteiger partial charge >= 0.3 is 8.56 Å². The summed E-state index contributed by atoms with van der Waals surface area (Å²) in [7, 11) is -0.685. The molecule has 0 aliphatic rings. The van der Waals surface area contributed by atoms with Crippen molar-refractivity contribution in [3.63, 3.8) is 0 Å². The van der Waals surface area contributed by atoms with Crippen LogP contribution >= 0.6 is 0 Å². The quantitative estimate of drug-likeness (QED) is 0.459. The zero-order valence-corrected chi connectivity index (χ0v) is 14.0. The summed E-state index contributed by atoms with van der Waals surface area (Å²) in [6, 6.07) is 2.64. The molecule has 0 saturated carbocycles. The molecule has 0 spiro atoms. The molecule has 0 saturated heterocycles. The molecule has 0 radical (unpaired) electrons. The van der Waals surface area contributed by atoms with E-state index in [1.165, 1.54) is 35.2 Å². The van der Waals surface area contributed by atoms with Gasteiger partial charge in [-0.1, -0.05) is 19.4 Å². The van der Waals surface area contributed by atoms with E-state index < -0.39 is 8.56 Å². The monoisotopic (exact) mass is 236 g/mol. The van der Waals surface area contributed by atoms with Crippen LogP contribution in [0.3, 0.4) is 0 Å². The van der Waals surface area contributed by atoms with Gasteiger partial charge in [0.25, 0.3) is 0 Å². The summed E-state index contributed by atoms with van der Waals surface area (Å²) in [6.45, 7) is 7.47. The molecule has 80 valence electrons. The highest BCUT2D eigenvalue weighted by molar-refractivity contribution is 6.69. The standard InChI is InChI=1S/C8H24O2Si3/c1-4-8-12-10-13(2,3)9-6-5-7-11/h4-8,12H2,1-3,11H3. The Hall–Kier alpha value is 0.571. The molecule has 0 unspecified atom stereocenters. The van der Waals surface area contributed by atoms with Crippen molar-refractivity contribution < 1.29 is 8.54 Å². The highest BCUT2D eigenvalue weighted by Gasteiger charge is 2.22. The van der Waals surface area contributed by atoms with Crippen molar-refractivity contribution in [3.05, 3.63) is 0 Å². The van der Waals surface area contributed by atoms with Crippen LogP contribution in [0.4, 0.5) is 0 Å². The minimum Gasteiger partial charge on any atom is -0.442 e. The molecule has 0 bridgehead atoms. The number of hydrogen-bond donors (Lipinski definition) is 0. The van der Waals surface area contributed by atoms with Crippen LogP contribution in [0.15, 0.2) is 0 Å². The van der Waals surface area contributed by atoms with E-state index in [0.29, 0.717) is 0 Å². The first-order valence-electron chi connectivity index (χ1n) is 5.40. The SMILES string of the molecule is CCC[SiH2]O[Si](C)(C)OCCC[SiH3]. The second-order valence-electron chi connectivity index (χ2n) is 3.80. The van der Waals surface area contributed by atoms with Gasteiger partial charge in [0.2, 0.25) is 0 Å². The van der Waals surface area contributed by atoms with E-state index in [4.69, 9.17) is 8.54 Å². The Morgan fingerprint density at radius 1 is 1.38 bits per heavy atom. The van der Waals surface area contributed by atoms with E-state index in [2.05, 4.69) is 20.0 Å². The molecule has 0 heterocycles. The molecular weight excluding hydrogens is 212 g/mol. The predicted octanol–water partition coefficient (Wildman–Crippen LogP) is 0.807. The van der Waals surface area contributed by atoms with Gasteiger partial charge in [-0.25, -0.2) is 0 Å². The summed E-state index contributed by atoms with van der Waals surface area (Å²) in [5, 5.41) is 0. The van der Waals surface area contributed by atoms with Gasteiger partial charge in [-0.2, -0.15) is 0 Å². The minimum absolute atomic E-state index is 0.282. The van der Waals surface area contributed by atoms with Crippen molar-refractivity contribution in [2.45, 2.75) is 44.9 Å². The molecule has 0 amide bonds. The predicted molar refractivity (Wildman–Crippen MR) is 67.5 cm³/mol. The average Bonchev–Trinajstić information content (AvgIpc) is 2.05. The highest BCUT2D eigenvalue weighted by Crippen LogP contribution is 2.07. The van der Waals surface area contributed by atoms with Crippen molar-refractivity contribution in [1.82, 2.24) is 0 Å². The van der Waals surface area contributed by atoms with Crippen LogP contribution in [0.5, 0.6) is 0 Å². The van der Waals surface area contributed by atoms with E-state index in [-0.39, 0.29) is 9.76 Å². The van der Waals surface area contributed by atoms with Crippen molar-refractivity contribution in [2.75, 3.05) is 6.61 Å². The minimum atomic E-state index is -1.70. The fourth-order valence-corrected chi connectivity index (χ4v) is 5.06. The molecule has 0 aromatic heterocycles. The van der Waals surface area contributed by atoms with Gasteiger partial charge in [0.05, 0.1) is 0 Å². The van der Waals surface area contributed by atoms with E-state index in [0.717, 1.165) is 6.61 Å². The summed E-state index contributed by atoms with van der Waals surface area (Å²) in [6.07, 6.45) is 2.48. The molecule has 0 aromatic rings. The Labute approximate surface area is 89.0 Å². The molecule has 5 heteroatoms. The molecule has 0 atom stereocenters.